The fourth-order valence-electron chi connectivity index (χ4n) is 2.29. The molecule has 4 nitrogen and oxygen atoms in total. The van der Waals surface area contributed by atoms with Crippen LogP contribution in [0.2, 0.25) is 0 Å². The molecule has 0 unspecified atom stereocenters. The maximum Gasteiger partial charge on any atom is 0.434 e. The Bertz CT molecular complexity index is 259. The Kier molecular flexibility index (Phi) is 2.63. The van der Waals surface area contributed by atoms with Crippen molar-refractivity contribution in [3.05, 3.63) is 0 Å². The molecule has 0 N–H and O–H groups in total. The van der Waals surface area contributed by atoms with Crippen LogP contribution in [0.1, 0.15) is 40.0 Å². The van der Waals surface area contributed by atoms with Crippen LogP contribution in [-0.2, 0) is 9.57 Å². The maximum absolute atomic E-state index is 11.8. The van der Waals surface area contributed by atoms with Crippen LogP contribution in [0.25, 0.3) is 0 Å². The van der Waals surface area contributed by atoms with Gasteiger partial charge in [0.15, 0.2) is 0 Å². The van der Waals surface area contributed by atoms with Crippen molar-refractivity contribution >= 4 is 6.09 Å². The van der Waals surface area contributed by atoms with E-state index in [0.29, 0.717) is 12.5 Å². The second-order valence-corrected chi connectivity index (χ2v) is 5.36. The summed E-state index contributed by atoms with van der Waals surface area (Å²) in [5, 5.41) is 1.45. The number of fused-ring (bicyclic) bond motifs is 1. The van der Waals surface area contributed by atoms with Crippen molar-refractivity contribution in [1.29, 1.82) is 0 Å². The van der Waals surface area contributed by atoms with Crippen LogP contribution in [0.3, 0.4) is 0 Å². The quantitative estimate of drug-likeness (QED) is 0.620. The Balaban J connectivity index is 1.96. The molecule has 0 aromatic rings. The van der Waals surface area contributed by atoms with Gasteiger partial charge in [0.05, 0.1) is 12.6 Å². The highest BCUT2D eigenvalue weighted by atomic mass is 16.7. The van der Waals surface area contributed by atoms with Gasteiger partial charge in [-0.15, -0.1) is 0 Å². The number of hydrogen-bond acceptors (Lipinski definition) is 3. The van der Waals surface area contributed by atoms with Crippen LogP contribution in [0.15, 0.2) is 0 Å². The van der Waals surface area contributed by atoms with Gasteiger partial charge in [0.2, 0.25) is 0 Å². The molecule has 2 atom stereocenters. The lowest BCUT2D eigenvalue weighted by molar-refractivity contribution is -0.125. The summed E-state index contributed by atoms with van der Waals surface area (Å²) in [6.07, 6.45) is 3.07. The van der Waals surface area contributed by atoms with Gasteiger partial charge in [-0.3, -0.25) is 4.84 Å². The topological polar surface area (TPSA) is 38.8 Å². The number of carbonyl (C=O) groups is 1. The highest BCUT2D eigenvalue weighted by Crippen LogP contribution is 2.36. The molecule has 1 heterocycles. The van der Waals surface area contributed by atoms with Gasteiger partial charge >= 0.3 is 6.09 Å². The van der Waals surface area contributed by atoms with Crippen molar-refractivity contribution in [3.8, 4) is 0 Å². The van der Waals surface area contributed by atoms with Gasteiger partial charge in [-0.1, -0.05) is 6.42 Å². The Labute approximate surface area is 90.5 Å². The van der Waals surface area contributed by atoms with Crippen LogP contribution < -0.4 is 0 Å². The molecule has 1 saturated carbocycles. The lowest BCUT2D eigenvalue weighted by Crippen LogP contribution is -2.39. The molecule has 2 rings (SSSR count). The van der Waals surface area contributed by atoms with Crippen LogP contribution >= 0.6 is 0 Å². The SMILES string of the molecule is CC(C)(C)OC(=O)N1OC[C@@H]2CCC[C@@H]21. The van der Waals surface area contributed by atoms with Gasteiger partial charge in [0.1, 0.15) is 5.60 Å². The molecule has 4 heteroatoms. The second kappa shape index (κ2) is 3.67. The standard InChI is InChI=1S/C11H19NO3/c1-11(2,3)15-10(13)12-9-6-4-5-8(9)7-14-12/h8-9H,4-7H2,1-3H3/t8-,9-/m0/s1. The number of nitrogens with zero attached hydrogens (tertiary/aromatic N) is 1. The van der Waals surface area contributed by atoms with Crippen LogP contribution in [0.4, 0.5) is 4.79 Å². The first-order valence-electron chi connectivity index (χ1n) is 5.62. The molecule has 1 saturated heterocycles. The van der Waals surface area contributed by atoms with E-state index in [1.165, 1.54) is 17.9 Å². The minimum atomic E-state index is -0.447. The number of rotatable bonds is 0. The summed E-state index contributed by atoms with van der Waals surface area (Å²) < 4.78 is 5.29. The van der Waals surface area contributed by atoms with Crippen LogP contribution in [0, 0.1) is 5.92 Å². The summed E-state index contributed by atoms with van der Waals surface area (Å²) in [4.78, 5) is 17.2. The molecule has 1 aliphatic heterocycles. The largest absolute Gasteiger partial charge is 0.442 e. The highest BCUT2D eigenvalue weighted by molar-refractivity contribution is 5.67. The second-order valence-electron chi connectivity index (χ2n) is 5.36. The molecule has 0 bridgehead atoms. The van der Waals surface area contributed by atoms with E-state index in [0.717, 1.165) is 6.42 Å². The zero-order valence-electron chi connectivity index (χ0n) is 9.66. The molecule has 2 aliphatic rings. The summed E-state index contributed by atoms with van der Waals surface area (Å²) in [6, 6.07) is 0.250. The zero-order chi connectivity index (χ0) is 11.1. The van der Waals surface area contributed by atoms with Gasteiger partial charge in [-0.05, 0) is 33.6 Å². The maximum atomic E-state index is 11.8. The molecular weight excluding hydrogens is 194 g/mol. The van der Waals surface area contributed by atoms with E-state index >= 15 is 0 Å². The van der Waals surface area contributed by atoms with Crippen molar-refractivity contribution in [3.63, 3.8) is 0 Å². The van der Waals surface area contributed by atoms with Crippen molar-refractivity contribution in [1.82, 2.24) is 5.06 Å². The van der Waals surface area contributed by atoms with E-state index in [2.05, 4.69) is 0 Å². The minimum Gasteiger partial charge on any atom is -0.442 e. The predicted octanol–water partition coefficient (Wildman–Crippen LogP) is 2.34. The molecular formula is C11H19NO3. The molecule has 0 spiro atoms. The van der Waals surface area contributed by atoms with Crippen molar-refractivity contribution in [2.24, 2.45) is 5.92 Å². The Morgan fingerprint density at radius 2 is 2.13 bits per heavy atom. The van der Waals surface area contributed by atoms with Crippen molar-refractivity contribution in [2.75, 3.05) is 6.61 Å². The van der Waals surface area contributed by atoms with Crippen LogP contribution in [-0.4, -0.2) is 29.4 Å². The van der Waals surface area contributed by atoms with E-state index in [1.54, 1.807) is 0 Å². The van der Waals surface area contributed by atoms with Gasteiger partial charge in [-0.2, -0.15) is 5.06 Å². The predicted molar refractivity (Wildman–Crippen MR) is 55.2 cm³/mol. The first-order valence-corrected chi connectivity index (χ1v) is 5.62. The van der Waals surface area contributed by atoms with E-state index in [4.69, 9.17) is 9.57 Å². The summed E-state index contributed by atoms with van der Waals surface area (Å²) in [7, 11) is 0. The first kappa shape index (κ1) is 10.7. The fourth-order valence-corrected chi connectivity index (χ4v) is 2.29. The Hall–Kier alpha value is -0.770. The highest BCUT2D eigenvalue weighted by Gasteiger charge is 2.43. The van der Waals surface area contributed by atoms with Gasteiger partial charge in [-0.25, -0.2) is 4.79 Å². The fraction of sp³-hybridized carbons (Fsp3) is 0.909. The normalized spacial score (nSPS) is 30.5. The average Bonchev–Trinajstić information content (AvgIpc) is 2.57. The molecule has 0 aromatic heterocycles. The third-order valence-electron chi connectivity index (χ3n) is 2.92. The molecule has 15 heavy (non-hydrogen) atoms. The van der Waals surface area contributed by atoms with E-state index < -0.39 is 5.60 Å². The summed E-state index contributed by atoms with van der Waals surface area (Å²) in [5.74, 6) is 0.525. The summed E-state index contributed by atoms with van der Waals surface area (Å²) in [6.45, 7) is 6.28. The first-order chi connectivity index (χ1) is 6.97. The average molecular weight is 213 g/mol. The number of hydrogen-bond donors (Lipinski definition) is 0. The number of amides is 1. The smallest absolute Gasteiger partial charge is 0.434 e. The van der Waals surface area contributed by atoms with Gasteiger partial charge in [0.25, 0.3) is 0 Å². The lowest BCUT2D eigenvalue weighted by Gasteiger charge is -2.26. The Morgan fingerprint density at radius 1 is 1.40 bits per heavy atom. The number of carbonyl (C=O) groups excluding carboxylic acids is 1. The molecule has 1 aliphatic carbocycles. The molecule has 86 valence electrons. The van der Waals surface area contributed by atoms with Gasteiger partial charge in [0, 0.05) is 5.92 Å². The number of hydroxylamine groups is 2. The van der Waals surface area contributed by atoms with Crippen molar-refractivity contribution < 1.29 is 14.4 Å². The lowest BCUT2D eigenvalue weighted by atomic mass is 10.1. The third kappa shape index (κ3) is 2.25. The zero-order valence-corrected chi connectivity index (χ0v) is 9.66. The van der Waals surface area contributed by atoms with E-state index in [1.807, 2.05) is 20.8 Å². The summed E-state index contributed by atoms with van der Waals surface area (Å²) >= 11 is 0. The van der Waals surface area contributed by atoms with E-state index in [9.17, 15) is 4.79 Å². The Morgan fingerprint density at radius 3 is 2.80 bits per heavy atom. The van der Waals surface area contributed by atoms with Crippen LogP contribution in [0.5, 0.6) is 0 Å². The monoisotopic (exact) mass is 213 g/mol. The summed E-state index contributed by atoms with van der Waals surface area (Å²) in [5.41, 5.74) is -0.447. The molecule has 0 aromatic carbocycles. The minimum absolute atomic E-state index is 0.250. The third-order valence-corrected chi connectivity index (χ3v) is 2.92. The molecule has 1 amide bonds. The molecule has 2 fully saturated rings. The van der Waals surface area contributed by atoms with E-state index in [-0.39, 0.29) is 12.1 Å². The van der Waals surface area contributed by atoms with Gasteiger partial charge < -0.3 is 4.74 Å². The molecule has 0 radical (unpaired) electrons. The van der Waals surface area contributed by atoms with Crippen molar-refractivity contribution in [2.45, 2.75) is 51.7 Å². The number of ether oxygens (including phenoxy) is 1.